The first-order valence-corrected chi connectivity index (χ1v) is 8.62. The van der Waals surface area contributed by atoms with Gasteiger partial charge in [0.15, 0.2) is 20.6 Å². The molecule has 0 aliphatic carbocycles. The van der Waals surface area contributed by atoms with Crippen LogP contribution in [0.3, 0.4) is 0 Å². The van der Waals surface area contributed by atoms with Gasteiger partial charge in [-0.05, 0) is 13.8 Å². The smallest absolute Gasteiger partial charge is 0.434 e. The highest BCUT2D eigenvalue weighted by Crippen LogP contribution is 2.32. The summed E-state index contributed by atoms with van der Waals surface area (Å²) in [5, 5.41) is 3.01. The lowest BCUT2D eigenvalue weighted by molar-refractivity contribution is -0.142. The maximum absolute atomic E-state index is 13.2. The summed E-state index contributed by atoms with van der Waals surface area (Å²) in [7, 11) is -2.12. The number of ether oxygens (including phenoxy) is 1. The lowest BCUT2D eigenvalue weighted by Crippen LogP contribution is -2.32. The van der Waals surface area contributed by atoms with Crippen LogP contribution in [0, 0.1) is 0 Å². The van der Waals surface area contributed by atoms with Gasteiger partial charge in [0, 0.05) is 13.5 Å². The molecule has 0 radical (unpaired) electrons. The van der Waals surface area contributed by atoms with Crippen LogP contribution >= 0.6 is 0 Å². The van der Waals surface area contributed by atoms with Crippen molar-refractivity contribution in [1.29, 1.82) is 0 Å². The molecule has 0 unspecified atom stereocenters. The van der Waals surface area contributed by atoms with E-state index in [4.69, 9.17) is 4.84 Å². The number of aromatic nitrogens is 2. The Morgan fingerprint density at radius 1 is 1.36 bits per heavy atom. The van der Waals surface area contributed by atoms with E-state index in [2.05, 4.69) is 14.9 Å². The van der Waals surface area contributed by atoms with Crippen molar-refractivity contribution in [2.75, 3.05) is 7.11 Å². The average Bonchev–Trinajstić information content (AvgIpc) is 2.84. The Hall–Kier alpha value is -2.11. The number of sulfone groups is 1. The van der Waals surface area contributed by atoms with Crippen LogP contribution in [0.2, 0.25) is 0 Å². The Morgan fingerprint density at radius 2 is 1.96 bits per heavy atom. The van der Waals surface area contributed by atoms with Gasteiger partial charge in [-0.25, -0.2) is 8.42 Å². The van der Waals surface area contributed by atoms with Crippen LogP contribution in [0.4, 0.5) is 13.2 Å². The summed E-state index contributed by atoms with van der Waals surface area (Å²) >= 11 is 0. The van der Waals surface area contributed by atoms with E-state index in [0.717, 1.165) is 14.2 Å². The summed E-state index contributed by atoms with van der Waals surface area (Å²) in [6.45, 7) is 3.16. The number of hydrogen-bond acceptors (Lipinski definition) is 7. The zero-order chi connectivity index (χ0) is 19.2. The lowest BCUT2D eigenvalue weighted by Gasteiger charge is -2.15. The van der Waals surface area contributed by atoms with E-state index in [1.54, 1.807) is 13.8 Å². The zero-order valence-electron chi connectivity index (χ0n) is 13.8. The predicted molar refractivity (Wildman–Crippen MR) is 80.9 cm³/mol. The molecule has 0 N–H and O–H groups in total. The van der Waals surface area contributed by atoms with Crippen molar-refractivity contribution in [2.24, 2.45) is 12.2 Å². The van der Waals surface area contributed by atoms with Crippen molar-refractivity contribution in [3.63, 3.8) is 0 Å². The molecule has 0 atom stereocenters. The van der Waals surface area contributed by atoms with E-state index in [1.165, 1.54) is 0 Å². The molecule has 1 aliphatic rings. The van der Waals surface area contributed by atoms with E-state index >= 15 is 0 Å². The number of oxime groups is 1. The van der Waals surface area contributed by atoms with Gasteiger partial charge >= 0.3 is 6.18 Å². The van der Waals surface area contributed by atoms with Gasteiger partial charge < -0.3 is 9.57 Å². The first kappa shape index (κ1) is 19.2. The van der Waals surface area contributed by atoms with Crippen molar-refractivity contribution < 1.29 is 31.2 Å². The van der Waals surface area contributed by atoms with E-state index in [0.29, 0.717) is 4.57 Å². The quantitative estimate of drug-likeness (QED) is 0.779. The molecule has 8 nitrogen and oxygen atoms in total. The topological polar surface area (TPSA) is 99.9 Å². The van der Waals surface area contributed by atoms with Gasteiger partial charge in [-0.2, -0.15) is 18.2 Å². The van der Waals surface area contributed by atoms with Crippen LogP contribution in [0.25, 0.3) is 0 Å². The second-order valence-electron chi connectivity index (χ2n) is 6.06. The molecule has 2 heterocycles. The Morgan fingerprint density at radius 3 is 2.40 bits per heavy atom. The summed E-state index contributed by atoms with van der Waals surface area (Å²) in [5.74, 6) is -1.19. The molecule has 0 spiro atoms. The summed E-state index contributed by atoms with van der Waals surface area (Å²) in [6, 6.07) is -0.582. The summed E-state index contributed by atoms with van der Waals surface area (Å²) in [4.78, 5) is 20.4. The van der Waals surface area contributed by atoms with E-state index in [1.807, 2.05) is 0 Å². The molecular formula is C13H16F3N3O5S. The van der Waals surface area contributed by atoms with Gasteiger partial charge in [0.25, 0.3) is 11.6 Å². The van der Waals surface area contributed by atoms with Crippen molar-refractivity contribution in [1.82, 2.24) is 9.55 Å². The second kappa shape index (κ2) is 6.00. The largest absolute Gasteiger partial charge is 0.468 e. The molecule has 0 aromatic carbocycles. The number of halogens is 3. The minimum Gasteiger partial charge on any atom is -0.468 e. The third-order valence-corrected chi connectivity index (χ3v) is 5.06. The summed E-state index contributed by atoms with van der Waals surface area (Å²) < 4.78 is 69.8. The van der Waals surface area contributed by atoms with Crippen molar-refractivity contribution in [2.45, 2.75) is 37.8 Å². The fourth-order valence-electron chi connectivity index (χ4n) is 2.22. The molecule has 1 aliphatic heterocycles. The van der Waals surface area contributed by atoms with Crippen LogP contribution in [0.1, 0.15) is 31.5 Å². The molecular weight excluding hydrogens is 367 g/mol. The highest BCUT2D eigenvalue weighted by atomic mass is 32.2. The minimum atomic E-state index is -5.03. The number of nitrogens with zero attached hydrogens (tertiary/aromatic N) is 3. The molecule has 0 saturated carbocycles. The monoisotopic (exact) mass is 383 g/mol. The van der Waals surface area contributed by atoms with Crippen LogP contribution < -0.4 is 10.3 Å². The maximum Gasteiger partial charge on any atom is 0.434 e. The van der Waals surface area contributed by atoms with E-state index < -0.39 is 55.2 Å². The van der Waals surface area contributed by atoms with Crippen LogP contribution in [0.5, 0.6) is 6.01 Å². The molecule has 0 amide bonds. The minimum absolute atomic E-state index is 0.111. The number of rotatable bonds is 3. The fraction of sp³-hybridized carbons (Fsp3) is 0.615. The highest BCUT2D eigenvalue weighted by Gasteiger charge is 2.42. The average molecular weight is 383 g/mol. The molecule has 2 rings (SSSR count). The molecule has 0 fully saturated rings. The SMILES string of the molecule is COc1nc(C(F)(F)F)c(CS(=O)(=O)C2=NOC(C)(C)C2)c(=O)n1C. The molecule has 1 aromatic rings. The van der Waals surface area contributed by atoms with Crippen LogP contribution in [-0.2, 0) is 33.7 Å². The van der Waals surface area contributed by atoms with Crippen LogP contribution in [-0.4, -0.2) is 35.7 Å². The van der Waals surface area contributed by atoms with Crippen molar-refractivity contribution in [3.05, 3.63) is 21.6 Å². The lowest BCUT2D eigenvalue weighted by atomic mass is 10.1. The Balaban J connectivity index is 2.56. The third kappa shape index (κ3) is 3.78. The highest BCUT2D eigenvalue weighted by molar-refractivity contribution is 8.05. The molecule has 12 heteroatoms. The summed E-state index contributed by atoms with van der Waals surface area (Å²) in [5.41, 5.74) is -4.65. The standard InChI is InChI=1S/C13H16F3N3O5S/c1-12(2)5-8(18-24-12)25(21,22)6-7-9(13(14,15)16)17-11(23-4)19(3)10(7)20/h5-6H2,1-4H3. The number of hydrogen-bond donors (Lipinski definition) is 0. The predicted octanol–water partition coefficient (Wildman–Crippen LogP) is 1.23. The van der Waals surface area contributed by atoms with Gasteiger partial charge in [0.2, 0.25) is 0 Å². The molecule has 0 saturated heterocycles. The van der Waals surface area contributed by atoms with Gasteiger partial charge in [-0.15, -0.1) is 0 Å². The Labute approximate surface area is 141 Å². The van der Waals surface area contributed by atoms with E-state index in [9.17, 15) is 26.4 Å². The molecule has 140 valence electrons. The van der Waals surface area contributed by atoms with Crippen molar-refractivity contribution >= 4 is 14.9 Å². The van der Waals surface area contributed by atoms with Gasteiger partial charge in [0.05, 0.1) is 18.4 Å². The first-order chi connectivity index (χ1) is 11.3. The Bertz CT molecular complexity index is 887. The van der Waals surface area contributed by atoms with Gasteiger partial charge in [-0.3, -0.25) is 9.36 Å². The molecule has 1 aromatic heterocycles. The number of methoxy groups -OCH3 is 1. The third-order valence-electron chi connectivity index (χ3n) is 3.46. The second-order valence-corrected chi connectivity index (χ2v) is 8.05. The number of alkyl halides is 3. The fourth-order valence-corrected chi connectivity index (χ4v) is 3.74. The van der Waals surface area contributed by atoms with Gasteiger partial charge in [0.1, 0.15) is 5.60 Å². The van der Waals surface area contributed by atoms with Crippen molar-refractivity contribution in [3.8, 4) is 6.01 Å². The van der Waals surface area contributed by atoms with E-state index in [-0.39, 0.29) is 6.42 Å². The Kier molecular flexibility index (Phi) is 4.61. The first-order valence-electron chi connectivity index (χ1n) is 6.97. The van der Waals surface area contributed by atoms with Crippen LogP contribution in [0.15, 0.2) is 9.95 Å². The van der Waals surface area contributed by atoms with Gasteiger partial charge in [-0.1, -0.05) is 5.16 Å². The summed E-state index contributed by atoms with van der Waals surface area (Å²) in [6.07, 6.45) is -5.14. The zero-order valence-corrected chi connectivity index (χ0v) is 14.7. The molecule has 0 bridgehead atoms. The normalized spacial score (nSPS) is 17.2. The maximum atomic E-state index is 13.2. The molecule has 25 heavy (non-hydrogen) atoms.